The summed E-state index contributed by atoms with van der Waals surface area (Å²) in [6, 6.07) is 2.58. The lowest BCUT2D eigenvalue weighted by Gasteiger charge is -2.25. The lowest BCUT2D eigenvalue weighted by molar-refractivity contribution is -0.138. The zero-order valence-electron chi connectivity index (χ0n) is 11.7. The first-order chi connectivity index (χ1) is 9.54. The van der Waals surface area contributed by atoms with Crippen LogP contribution in [0.1, 0.15) is 24.8 Å². The lowest BCUT2D eigenvalue weighted by atomic mass is 10.1. The van der Waals surface area contributed by atoms with Gasteiger partial charge in [-0.25, -0.2) is 0 Å². The van der Waals surface area contributed by atoms with Crippen molar-refractivity contribution >= 4 is 33.2 Å². The summed E-state index contributed by atoms with van der Waals surface area (Å²) in [5.41, 5.74) is 1.36. The highest BCUT2D eigenvalue weighted by Gasteiger charge is 2.21. The Balaban J connectivity index is 1.84. The minimum Gasteiger partial charge on any atom is -0.480 e. The van der Waals surface area contributed by atoms with Gasteiger partial charge in [0.15, 0.2) is 0 Å². The average molecular weight is 361 g/mol. The van der Waals surface area contributed by atoms with Gasteiger partial charge in [-0.15, -0.1) is 11.3 Å². The van der Waals surface area contributed by atoms with Gasteiger partial charge < -0.3 is 5.11 Å². The van der Waals surface area contributed by atoms with Gasteiger partial charge >= 0.3 is 5.97 Å². The summed E-state index contributed by atoms with van der Waals surface area (Å²) < 4.78 is 1.18. The first kappa shape index (κ1) is 15.9. The molecule has 1 N–H and O–H groups in total. The predicted octanol–water partition coefficient (Wildman–Crippen LogP) is 2.88. The fourth-order valence-corrected chi connectivity index (χ4v) is 3.97. The van der Waals surface area contributed by atoms with Crippen molar-refractivity contribution < 1.29 is 9.90 Å². The van der Waals surface area contributed by atoms with Crippen molar-refractivity contribution in [1.82, 2.24) is 9.80 Å². The predicted molar refractivity (Wildman–Crippen MR) is 85.2 cm³/mol. The summed E-state index contributed by atoms with van der Waals surface area (Å²) in [4.78, 5) is 15.2. The molecular weight excluding hydrogens is 340 g/mol. The van der Waals surface area contributed by atoms with E-state index in [2.05, 4.69) is 32.3 Å². The van der Waals surface area contributed by atoms with Gasteiger partial charge in [-0.2, -0.15) is 0 Å². The SMILES string of the molecule is CN(CC(=O)O)C1CCCN(Cc2csc(Br)c2)CC1. The first-order valence-corrected chi connectivity index (χ1v) is 8.59. The van der Waals surface area contributed by atoms with Gasteiger partial charge in [0, 0.05) is 12.6 Å². The highest BCUT2D eigenvalue weighted by molar-refractivity contribution is 9.11. The Bertz CT molecular complexity index is 452. The lowest BCUT2D eigenvalue weighted by Crippen LogP contribution is -2.36. The number of likely N-dealkylation sites (tertiary alicyclic amines) is 1. The van der Waals surface area contributed by atoms with E-state index in [0.29, 0.717) is 6.04 Å². The standard InChI is InChI=1S/C14H21BrN2O2S/c1-16(9-14(18)19)12-3-2-5-17(6-4-12)8-11-7-13(15)20-10-11/h7,10,12H,2-6,8-9H2,1H3,(H,18,19). The quantitative estimate of drug-likeness (QED) is 0.876. The molecule has 6 heteroatoms. The first-order valence-electron chi connectivity index (χ1n) is 6.92. The van der Waals surface area contributed by atoms with Gasteiger partial charge in [0.05, 0.1) is 10.3 Å². The molecule has 0 spiro atoms. The van der Waals surface area contributed by atoms with Gasteiger partial charge in [-0.05, 0) is 72.3 Å². The third kappa shape index (κ3) is 4.84. The van der Waals surface area contributed by atoms with Crippen molar-refractivity contribution in [3.8, 4) is 0 Å². The Morgan fingerprint density at radius 1 is 1.55 bits per heavy atom. The molecule has 1 aromatic heterocycles. The van der Waals surface area contributed by atoms with Crippen LogP contribution in [0.5, 0.6) is 0 Å². The molecule has 1 saturated heterocycles. The van der Waals surface area contributed by atoms with Crippen molar-refractivity contribution in [2.45, 2.75) is 31.8 Å². The van der Waals surface area contributed by atoms with Gasteiger partial charge in [0.2, 0.25) is 0 Å². The Labute approximate surface area is 132 Å². The van der Waals surface area contributed by atoms with Gasteiger partial charge in [-0.3, -0.25) is 14.6 Å². The van der Waals surface area contributed by atoms with E-state index in [1.807, 2.05) is 11.9 Å². The van der Waals surface area contributed by atoms with Gasteiger partial charge in [-0.1, -0.05) is 0 Å². The second-order valence-corrected chi connectivity index (χ2v) is 7.72. The number of hydrogen-bond donors (Lipinski definition) is 1. The molecule has 1 atom stereocenters. The van der Waals surface area contributed by atoms with Crippen LogP contribution in [0, 0.1) is 0 Å². The Morgan fingerprint density at radius 3 is 3.00 bits per heavy atom. The molecule has 1 aromatic rings. The molecule has 112 valence electrons. The number of nitrogens with zero attached hydrogens (tertiary/aromatic N) is 2. The molecule has 0 amide bonds. The second kappa shape index (κ2) is 7.54. The normalized spacial score (nSPS) is 21.1. The van der Waals surface area contributed by atoms with Crippen LogP contribution in [-0.2, 0) is 11.3 Å². The monoisotopic (exact) mass is 360 g/mol. The van der Waals surface area contributed by atoms with Crippen LogP contribution in [0.25, 0.3) is 0 Å². The van der Waals surface area contributed by atoms with E-state index in [-0.39, 0.29) is 6.54 Å². The number of halogens is 1. The summed E-state index contributed by atoms with van der Waals surface area (Å²) in [6.45, 7) is 3.28. The summed E-state index contributed by atoms with van der Waals surface area (Å²) in [5.74, 6) is -0.739. The van der Waals surface area contributed by atoms with E-state index in [0.717, 1.165) is 38.9 Å². The molecule has 0 saturated carbocycles. The molecule has 0 aliphatic carbocycles. The zero-order chi connectivity index (χ0) is 14.5. The van der Waals surface area contributed by atoms with E-state index in [4.69, 9.17) is 5.11 Å². The van der Waals surface area contributed by atoms with Crippen molar-refractivity contribution in [1.29, 1.82) is 0 Å². The van der Waals surface area contributed by atoms with Crippen LogP contribution < -0.4 is 0 Å². The molecule has 2 rings (SSSR count). The number of carboxylic acids is 1. The molecule has 1 aliphatic rings. The summed E-state index contributed by atoms with van der Waals surface area (Å²) in [5, 5.41) is 11.1. The topological polar surface area (TPSA) is 43.8 Å². The number of thiophene rings is 1. The van der Waals surface area contributed by atoms with Crippen LogP contribution in [-0.4, -0.2) is 53.6 Å². The molecule has 1 aliphatic heterocycles. The minimum absolute atomic E-state index is 0.141. The molecule has 0 bridgehead atoms. The molecule has 1 fully saturated rings. The fourth-order valence-electron chi connectivity index (χ4n) is 2.77. The summed E-state index contributed by atoms with van der Waals surface area (Å²) in [7, 11) is 1.92. The highest BCUT2D eigenvalue weighted by atomic mass is 79.9. The number of hydrogen-bond acceptors (Lipinski definition) is 4. The molecule has 2 heterocycles. The highest BCUT2D eigenvalue weighted by Crippen LogP contribution is 2.23. The van der Waals surface area contributed by atoms with E-state index >= 15 is 0 Å². The number of likely N-dealkylation sites (N-methyl/N-ethyl adjacent to an activating group) is 1. The number of rotatable bonds is 5. The molecule has 20 heavy (non-hydrogen) atoms. The number of carboxylic acid groups (broad SMARTS) is 1. The smallest absolute Gasteiger partial charge is 0.317 e. The fraction of sp³-hybridized carbons (Fsp3) is 0.643. The maximum atomic E-state index is 10.8. The van der Waals surface area contributed by atoms with Crippen LogP contribution in [0.2, 0.25) is 0 Å². The second-order valence-electron chi connectivity index (χ2n) is 5.43. The summed E-state index contributed by atoms with van der Waals surface area (Å²) in [6.07, 6.45) is 3.28. The molecular formula is C14H21BrN2O2S. The molecule has 0 aromatic carbocycles. The van der Waals surface area contributed by atoms with Crippen molar-refractivity contribution in [2.24, 2.45) is 0 Å². The Hall–Kier alpha value is -0.430. The van der Waals surface area contributed by atoms with Gasteiger partial charge in [0.1, 0.15) is 0 Å². The van der Waals surface area contributed by atoms with Crippen LogP contribution in [0.3, 0.4) is 0 Å². The molecule has 1 unspecified atom stereocenters. The van der Waals surface area contributed by atoms with E-state index in [1.54, 1.807) is 11.3 Å². The maximum absolute atomic E-state index is 10.8. The van der Waals surface area contributed by atoms with Crippen molar-refractivity contribution in [3.63, 3.8) is 0 Å². The van der Waals surface area contributed by atoms with Crippen molar-refractivity contribution in [3.05, 3.63) is 20.8 Å². The van der Waals surface area contributed by atoms with E-state index < -0.39 is 5.97 Å². The maximum Gasteiger partial charge on any atom is 0.317 e. The summed E-state index contributed by atoms with van der Waals surface area (Å²) >= 11 is 5.23. The van der Waals surface area contributed by atoms with Gasteiger partial charge in [0.25, 0.3) is 0 Å². The van der Waals surface area contributed by atoms with Crippen molar-refractivity contribution in [2.75, 3.05) is 26.7 Å². The third-order valence-electron chi connectivity index (χ3n) is 3.83. The molecule has 4 nitrogen and oxygen atoms in total. The minimum atomic E-state index is -0.739. The number of carbonyl (C=O) groups is 1. The van der Waals surface area contributed by atoms with Crippen LogP contribution in [0.15, 0.2) is 15.2 Å². The third-order valence-corrected chi connectivity index (χ3v) is 5.38. The van der Waals surface area contributed by atoms with Crippen LogP contribution in [0.4, 0.5) is 0 Å². The Morgan fingerprint density at radius 2 is 2.35 bits per heavy atom. The molecule has 0 radical (unpaired) electrons. The Kier molecular flexibility index (Phi) is 6.01. The largest absolute Gasteiger partial charge is 0.480 e. The van der Waals surface area contributed by atoms with E-state index in [9.17, 15) is 4.79 Å². The zero-order valence-corrected chi connectivity index (χ0v) is 14.1. The van der Waals surface area contributed by atoms with Crippen LogP contribution >= 0.6 is 27.3 Å². The van der Waals surface area contributed by atoms with E-state index in [1.165, 1.54) is 9.35 Å². The number of aliphatic carboxylic acids is 1. The average Bonchev–Trinajstić information content (AvgIpc) is 2.63.